The zero-order chi connectivity index (χ0) is 14.0. The lowest BCUT2D eigenvalue weighted by molar-refractivity contribution is -0.0247. The van der Waals surface area contributed by atoms with Crippen LogP contribution in [-0.4, -0.2) is 34.0 Å². The Morgan fingerprint density at radius 3 is 2.74 bits per heavy atom. The first-order valence-corrected chi connectivity index (χ1v) is 7.16. The van der Waals surface area contributed by atoms with E-state index in [0.717, 1.165) is 37.4 Å². The van der Waals surface area contributed by atoms with Gasteiger partial charge < -0.3 is 10.0 Å². The van der Waals surface area contributed by atoms with Crippen LogP contribution in [0.5, 0.6) is 0 Å². The molecule has 1 aliphatic rings. The highest BCUT2D eigenvalue weighted by Crippen LogP contribution is 2.33. The number of anilines is 1. The number of hydrogen-bond donors (Lipinski definition) is 1. The van der Waals surface area contributed by atoms with Crippen molar-refractivity contribution >= 4 is 5.82 Å². The molecular formula is C15H25N3O. The van der Waals surface area contributed by atoms with E-state index in [1.54, 1.807) is 0 Å². The van der Waals surface area contributed by atoms with Crippen molar-refractivity contribution < 1.29 is 5.11 Å². The van der Waals surface area contributed by atoms with E-state index in [-0.39, 0.29) is 0 Å². The van der Waals surface area contributed by atoms with Crippen molar-refractivity contribution in [2.24, 2.45) is 11.8 Å². The highest BCUT2D eigenvalue weighted by molar-refractivity contribution is 5.38. The molecule has 1 fully saturated rings. The minimum Gasteiger partial charge on any atom is -0.390 e. The summed E-state index contributed by atoms with van der Waals surface area (Å²) < 4.78 is 0. The van der Waals surface area contributed by atoms with Crippen LogP contribution in [0.4, 0.5) is 5.82 Å². The topological polar surface area (TPSA) is 49.2 Å². The molecule has 2 atom stereocenters. The van der Waals surface area contributed by atoms with Gasteiger partial charge in [-0.3, -0.25) is 0 Å². The maximum atomic E-state index is 10.5. The molecule has 1 saturated heterocycles. The Bertz CT molecular complexity index is 414. The number of piperidine rings is 1. The van der Waals surface area contributed by atoms with Crippen LogP contribution in [0.3, 0.4) is 0 Å². The maximum absolute atomic E-state index is 10.5. The molecule has 0 unspecified atom stereocenters. The van der Waals surface area contributed by atoms with Crippen molar-refractivity contribution in [2.75, 3.05) is 18.0 Å². The Balaban J connectivity index is 2.11. The van der Waals surface area contributed by atoms with E-state index in [1.165, 1.54) is 0 Å². The van der Waals surface area contributed by atoms with Crippen molar-refractivity contribution in [3.63, 3.8) is 0 Å². The van der Waals surface area contributed by atoms with Gasteiger partial charge in [-0.05, 0) is 44.7 Å². The first kappa shape index (κ1) is 14.3. The molecule has 4 nitrogen and oxygen atoms in total. The molecule has 19 heavy (non-hydrogen) atoms. The Morgan fingerprint density at radius 2 is 2.16 bits per heavy atom. The molecule has 0 aliphatic carbocycles. The molecule has 1 aliphatic heterocycles. The predicted molar refractivity (Wildman–Crippen MR) is 77.2 cm³/mol. The Kier molecular flexibility index (Phi) is 4.09. The van der Waals surface area contributed by atoms with Crippen molar-refractivity contribution in [3.8, 4) is 0 Å². The van der Waals surface area contributed by atoms with E-state index in [2.05, 4.69) is 28.9 Å². The summed E-state index contributed by atoms with van der Waals surface area (Å²) in [6.07, 6.45) is 1.84. The lowest BCUT2D eigenvalue weighted by Gasteiger charge is -2.43. The summed E-state index contributed by atoms with van der Waals surface area (Å²) in [4.78, 5) is 2.25. The van der Waals surface area contributed by atoms with Gasteiger partial charge in [0.25, 0.3) is 0 Å². The average molecular weight is 263 g/mol. The molecule has 1 N–H and O–H groups in total. The molecular weight excluding hydrogens is 238 g/mol. The second-order valence-corrected chi connectivity index (χ2v) is 6.41. The van der Waals surface area contributed by atoms with Crippen LogP contribution >= 0.6 is 0 Å². The van der Waals surface area contributed by atoms with Gasteiger partial charge in [-0.15, -0.1) is 5.10 Å². The second-order valence-electron chi connectivity index (χ2n) is 6.41. The van der Waals surface area contributed by atoms with Gasteiger partial charge in [0.15, 0.2) is 5.82 Å². The quantitative estimate of drug-likeness (QED) is 0.910. The fraction of sp³-hybridized carbons (Fsp3) is 0.733. The molecule has 0 amide bonds. The van der Waals surface area contributed by atoms with Gasteiger partial charge in [0.05, 0.1) is 11.3 Å². The molecule has 0 radical (unpaired) electrons. The third kappa shape index (κ3) is 3.44. The van der Waals surface area contributed by atoms with Crippen molar-refractivity contribution in [1.82, 2.24) is 10.2 Å². The van der Waals surface area contributed by atoms with Crippen LogP contribution in [0.1, 0.15) is 39.3 Å². The van der Waals surface area contributed by atoms with Gasteiger partial charge in [0, 0.05) is 19.0 Å². The maximum Gasteiger partial charge on any atom is 0.151 e. The normalized spacial score (nSPS) is 27.9. The summed E-state index contributed by atoms with van der Waals surface area (Å²) in [5.74, 6) is 1.82. The lowest BCUT2D eigenvalue weighted by Crippen LogP contribution is -2.51. The summed E-state index contributed by atoms with van der Waals surface area (Å²) in [5.41, 5.74) is 0.380. The predicted octanol–water partition coefficient (Wildman–Crippen LogP) is 2.41. The molecule has 0 saturated carbocycles. The fourth-order valence-electron chi connectivity index (χ4n) is 2.79. The van der Waals surface area contributed by atoms with E-state index in [0.29, 0.717) is 11.8 Å². The molecule has 0 spiro atoms. The van der Waals surface area contributed by atoms with Gasteiger partial charge in [0.2, 0.25) is 0 Å². The smallest absolute Gasteiger partial charge is 0.151 e. The summed E-state index contributed by atoms with van der Waals surface area (Å²) in [6.45, 7) is 10.0. The average Bonchev–Trinajstić information content (AvgIpc) is 2.32. The highest BCUT2D eigenvalue weighted by Gasteiger charge is 2.38. The van der Waals surface area contributed by atoms with Gasteiger partial charge in [-0.25, -0.2) is 0 Å². The first-order valence-electron chi connectivity index (χ1n) is 7.16. The molecule has 1 aromatic heterocycles. The molecule has 4 heteroatoms. The molecule has 0 bridgehead atoms. The Labute approximate surface area is 115 Å². The second kappa shape index (κ2) is 5.45. The van der Waals surface area contributed by atoms with Gasteiger partial charge in [-0.1, -0.05) is 13.8 Å². The van der Waals surface area contributed by atoms with Crippen LogP contribution < -0.4 is 4.90 Å². The summed E-state index contributed by atoms with van der Waals surface area (Å²) in [6, 6.07) is 4.02. The SMILES string of the molecule is Cc1ccc(N2CC[C@@](C)(O)[C@@H](CC(C)C)C2)nn1. The van der Waals surface area contributed by atoms with Gasteiger partial charge >= 0.3 is 0 Å². The van der Waals surface area contributed by atoms with E-state index >= 15 is 0 Å². The number of aliphatic hydroxyl groups is 1. The largest absolute Gasteiger partial charge is 0.390 e. The third-order valence-corrected chi connectivity index (χ3v) is 4.07. The molecule has 2 rings (SSSR count). The molecule has 2 heterocycles. The fourth-order valence-corrected chi connectivity index (χ4v) is 2.79. The van der Waals surface area contributed by atoms with Crippen molar-refractivity contribution in [2.45, 2.75) is 46.1 Å². The highest BCUT2D eigenvalue weighted by atomic mass is 16.3. The van der Waals surface area contributed by atoms with E-state index in [1.807, 2.05) is 26.0 Å². The zero-order valence-corrected chi connectivity index (χ0v) is 12.4. The minimum atomic E-state index is -0.557. The summed E-state index contributed by atoms with van der Waals surface area (Å²) in [5, 5.41) is 18.9. The van der Waals surface area contributed by atoms with E-state index in [4.69, 9.17) is 0 Å². The third-order valence-electron chi connectivity index (χ3n) is 4.07. The first-order chi connectivity index (χ1) is 8.88. The van der Waals surface area contributed by atoms with E-state index in [9.17, 15) is 5.11 Å². The van der Waals surface area contributed by atoms with Crippen molar-refractivity contribution in [1.29, 1.82) is 0 Å². The van der Waals surface area contributed by atoms with Gasteiger partial charge in [-0.2, -0.15) is 5.10 Å². The Hall–Kier alpha value is -1.16. The standard InChI is InChI=1S/C15H25N3O/c1-11(2)9-13-10-18(8-7-15(13,4)19)14-6-5-12(3)16-17-14/h5-6,11,13,19H,7-10H2,1-4H3/t13-,15+/m0/s1. The molecule has 106 valence electrons. The van der Waals surface area contributed by atoms with Crippen LogP contribution in [0.2, 0.25) is 0 Å². The monoisotopic (exact) mass is 263 g/mol. The number of aromatic nitrogens is 2. The number of aryl methyl sites for hydroxylation is 1. The number of hydrogen-bond acceptors (Lipinski definition) is 4. The molecule has 1 aromatic rings. The van der Waals surface area contributed by atoms with Gasteiger partial charge in [0.1, 0.15) is 0 Å². The van der Waals surface area contributed by atoms with E-state index < -0.39 is 5.60 Å². The lowest BCUT2D eigenvalue weighted by atomic mass is 9.78. The van der Waals surface area contributed by atoms with Crippen LogP contribution in [0.15, 0.2) is 12.1 Å². The van der Waals surface area contributed by atoms with Crippen LogP contribution in [0, 0.1) is 18.8 Å². The summed E-state index contributed by atoms with van der Waals surface area (Å²) >= 11 is 0. The zero-order valence-electron chi connectivity index (χ0n) is 12.4. The van der Waals surface area contributed by atoms with Crippen molar-refractivity contribution in [3.05, 3.63) is 17.8 Å². The summed E-state index contributed by atoms with van der Waals surface area (Å²) in [7, 11) is 0. The van der Waals surface area contributed by atoms with Crippen LogP contribution in [-0.2, 0) is 0 Å². The molecule has 0 aromatic carbocycles. The number of nitrogens with zero attached hydrogens (tertiary/aromatic N) is 3. The van der Waals surface area contributed by atoms with Crippen LogP contribution in [0.25, 0.3) is 0 Å². The number of rotatable bonds is 3. The Morgan fingerprint density at radius 1 is 1.42 bits per heavy atom. The minimum absolute atomic E-state index is 0.296.